The highest BCUT2D eigenvalue weighted by molar-refractivity contribution is 6.31. The Morgan fingerprint density at radius 2 is 2.00 bits per heavy atom. The molecule has 0 bridgehead atoms. The summed E-state index contributed by atoms with van der Waals surface area (Å²) in [5, 5.41) is 13.2. The molecule has 0 aliphatic carbocycles. The van der Waals surface area contributed by atoms with E-state index in [1.165, 1.54) is 7.11 Å². The van der Waals surface area contributed by atoms with Crippen LogP contribution in [0.5, 0.6) is 5.75 Å². The molecule has 0 fully saturated rings. The number of fused-ring (bicyclic) bond motifs is 1. The molecular formula is C18H15ClN2O4. The number of benzene rings is 2. The van der Waals surface area contributed by atoms with E-state index in [-0.39, 0.29) is 18.0 Å². The van der Waals surface area contributed by atoms with Gasteiger partial charge < -0.3 is 20.1 Å². The Morgan fingerprint density at radius 3 is 2.72 bits per heavy atom. The molecule has 0 aliphatic rings. The predicted molar refractivity (Wildman–Crippen MR) is 95.6 cm³/mol. The molecule has 0 spiro atoms. The maximum atomic E-state index is 12.4. The minimum Gasteiger partial charge on any atom is -0.495 e. The third kappa shape index (κ3) is 3.44. The fraction of sp³-hybridized carbons (Fsp3) is 0.111. The smallest absolute Gasteiger partial charge is 0.352 e. The summed E-state index contributed by atoms with van der Waals surface area (Å²) in [6.45, 7) is 0. The highest BCUT2D eigenvalue weighted by Crippen LogP contribution is 2.28. The van der Waals surface area contributed by atoms with Gasteiger partial charge in [-0.15, -0.1) is 0 Å². The molecule has 7 heteroatoms. The fourth-order valence-electron chi connectivity index (χ4n) is 2.69. The minimum atomic E-state index is -1.13. The number of ether oxygens (including phenoxy) is 1. The highest BCUT2D eigenvalue weighted by atomic mass is 35.5. The fourth-order valence-corrected chi connectivity index (χ4v) is 2.86. The van der Waals surface area contributed by atoms with Gasteiger partial charge in [0, 0.05) is 21.5 Å². The number of carboxylic acids is 1. The summed E-state index contributed by atoms with van der Waals surface area (Å²) < 4.78 is 5.20. The molecule has 0 atom stereocenters. The van der Waals surface area contributed by atoms with E-state index in [0.29, 0.717) is 32.9 Å². The standard InChI is InChI=1S/C18H15ClN2O4/c1-25-15-5-3-2-4-14(15)20-16(22)9-12-11-8-10(19)6-7-13(11)21-17(12)18(23)24/h2-8,21H,9H2,1H3,(H,20,22)(H,23,24). The number of halogens is 1. The SMILES string of the molecule is COc1ccccc1NC(=O)Cc1c(C(=O)O)[nH]c2ccc(Cl)cc12. The monoisotopic (exact) mass is 358 g/mol. The van der Waals surface area contributed by atoms with Crippen molar-refractivity contribution in [3.8, 4) is 5.75 Å². The Balaban J connectivity index is 1.94. The zero-order valence-corrected chi connectivity index (χ0v) is 14.1. The van der Waals surface area contributed by atoms with Gasteiger partial charge in [0.1, 0.15) is 11.4 Å². The molecule has 2 aromatic carbocycles. The molecule has 3 rings (SSSR count). The van der Waals surface area contributed by atoms with Crippen molar-refractivity contribution < 1.29 is 19.4 Å². The van der Waals surface area contributed by atoms with Crippen LogP contribution in [0.3, 0.4) is 0 Å². The molecule has 0 saturated carbocycles. The van der Waals surface area contributed by atoms with Crippen LogP contribution in [0.2, 0.25) is 5.02 Å². The van der Waals surface area contributed by atoms with Crippen LogP contribution in [0, 0.1) is 0 Å². The second-order valence-corrected chi connectivity index (χ2v) is 5.84. The average molecular weight is 359 g/mol. The number of carboxylic acid groups (broad SMARTS) is 1. The number of H-pyrrole nitrogens is 1. The molecule has 25 heavy (non-hydrogen) atoms. The zero-order valence-electron chi connectivity index (χ0n) is 13.3. The summed E-state index contributed by atoms with van der Waals surface area (Å²) in [5.41, 5.74) is 1.50. The number of carbonyl (C=O) groups excluding carboxylic acids is 1. The molecule has 1 amide bonds. The first-order valence-corrected chi connectivity index (χ1v) is 7.83. The molecule has 3 aromatic rings. The van der Waals surface area contributed by atoms with Gasteiger partial charge in [-0.05, 0) is 30.3 Å². The molecule has 0 unspecified atom stereocenters. The summed E-state index contributed by atoms with van der Waals surface area (Å²) in [5.74, 6) is -0.962. The Hall–Kier alpha value is -2.99. The maximum Gasteiger partial charge on any atom is 0.352 e. The van der Waals surface area contributed by atoms with Crippen molar-refractivity contribution in [1.29, 1.82) is 0 Å². The number of anilines is 1. The molecule has 1 aromatic heterocycles. The van der Waals surface area contributed by atoms with Crippen LogP contribution in [0.1, 0.15) is 16.1 Å². The van der Waals surface area contributed by atoms with Crippen LogP contribution in [-0.2, 0) is 11.2 Å². The van der Waals surface area contributed by atoms with Crippen molar-refractivity contribution >= 4 is 40.1 Å². The van der Waals surface area contributed by atoms with Crippen LogP contribution in [0.25, 0.3) is 10.9 Å². The van der Waals surface area contributed by atoms with Gasteiger partial charge in [0.15, 0.2) is 0 Å². The Morgan fingerprint density at radius 1 is 1.24 bits per heavy atom. The normalized spacial score (nSPS) is 10.6. The summed E-state index contributed by atoms with van der Waals surface area (Å²) in [6.07, 6.45) is -0.111. The lowest BCUT2D eigenvalue weighted by molar-refractivity contribution is -0.115. The van der Waals surface area contributed by atoms with Crippen LogP contribution < -0.4 is 10.1 Å². The molecule has 0 aliphatic heterocycles. The third-order valence-electron chi connectivity index (χ3n) is 3.80. The van der Waals surface area contributed by atoms with Gasteiger partial charge in [-0.25, -0.2) is 4.79 Å². The number of methoxy groups -OCH3 is 1. The van der Waals surface area contributed by atoms with Crippen molar-refractivity contribution in [2.45, 2.75) is 6.42 Å². The average Bonchev–Trinajstić information content (AvgIpc) is 2.93. The number of aromatic carboxylic acids is 1. The van der Waals surface area contributed by atoms with Crippen LogP contribution in [-0.4, -0.2) is 29.1 Å². The quantitative estimate of drug-likeness (QED) is 0.648. The largest absolute Gasteiger partial charge is 0.495 e. The number of nitrogens with one attached hydrogen (secondary N) is 2. The molecule has 0 saturated heterocycles. The summed E-state index contributed by atoms with van der Waals surface area (Å²) >= 11 is 6.01. The number of aromatic nitrogens is 1. The molecule has 128 valence electrons. The second kappa shape index (κ2) is 6.86. The first-order valence-electron chi connectivity index (χ1n) is 7.46. The van der Waals surface area contributed by atoms with Crippen LogP contribution in [0.15, 0.2) is 42.5 Å². The van der Waals surface area contributed by atoms with E-state index in [1.807, 2.05) is 0 Å². The Bertz CT molecular complexity index is 965. The van der Waals surface area contributed by atoms with E-state index in [0.717, 1.165) is 0 Å². The van der Waals surface area contributed by atoms with Gasteiger partial charge in [0.25, 0.3) is 0 Å². The molecule has 6 nitrogen and oxygen atoms in total. The van der Waals surface area contributed by atoms with Crippen LogP contribution >= 0.6 is 11.6 Å². The van der Waals surface area contributed by atoms with E-state index in [1.54, 1.807) is 42.5 Å². The van der Waals surface area contributed by atoms with Crippen molar-refractivity contribution in [3.63, 3.8) is 0 Å². The third-order valence-corrected chi connectivity index (χ3v) is 4.04. The summed E-state index contributed by atoms with van der Waals surface area (Å²) in [6, 6.07) is 12.0. The first-order chi connectivity index (χ1) is 12.0. The number of hydrogen-bond acceptors (Lipinski definition) is 3. The van der Waals surface area contributed by atoms with Crippen molar-refractivity contribution in [2.75, 3.05) is 12.4 Å². The number of aromatic amines is 1. The molecule has 1 heterocycles. The van der Waals surface area contributed by atoms with E-state index in [2.05, 4.69) is 10.3 Å². The van der Waals surface area contributed by atoms with Gasteiger partial charge in [0.2, 0.25) is 5.91 Å². The number of para-hydroxylation sites is 2. The van der Waals surface area contributed by atoms with Crippen molar-refractivity contribution in [3.05, 3.63) is 58.7 Å². The van der Waals surface area contributed by atoms with Gasteiger partial charge >= 0.3 is 5.97 Å². The number of hydrogen-bond donors (Lipinski definition) is 3. The Labute approximate surface area is 148 Å². The first kappa shape index (κ1) is 16.9. The van der Waals surface area contributed by atoms with Crippen molar-refractivity contribution in [2.24, 2.45) is 0 Å². The second-order valence-electron chi connectivity index (χ2n) is 5.40. The summed E-state index contributed by atoms with van der Waals surface area (Å²) in [4.78, 5) is 26.8. The van der Waals surface area contributed by atoms with Gasteiger partial charge in [-0.3, -0.25) is 4.79 Å². The predicted octanol–water partition coefficient (Wildman–Crippen LogP) is 3.71. The molecule has 3 N–H and O–H groups in total. The van der Waals surface area contributed by atoms with Crippen molar-refractivity contribution in [1.82, 2.24) is 4.98 Å². The lowest BCUT2D eigenvalue weighted by Gasteiger charge is -2.10. The molecular weight excluding hydrogens is 344 g/mol. The van der Waals surface area contributed by atoms with E-state index in [9.17, 15) is 14.7 Å². The highest BCUT2D eigenvalue weighted by Gasteiger charge is 2.20. The maximum absolute atomic E-state index is 12.4. The van der Waals surface area contributed by atoms with E-state index < -0.39 is 5.97 Å². The van der Waals surface area contributed by atoms with E-state index >= 15 is 0 Å². The van der Waals surface area contributed by atoms with Gasteiger partial charge in [-0.2, -0.15) is 0 Å². The number of amides is 1. The number of rotatable bonds is 5. The minimum absolute atomic E-state index is 0.0209. The zero-order chi connectivity index (χ0) is 18.0. The van der Waals surface area contributed by atoms with E-state index in [4.69, 9.17) is 16.3 Å². The lowest BCUT2D eigenvalue weighted by Crippen LogP contribution is -2.16. The number of carbonyl (C=O) groups is 2. The Kier molecular flexibility index (Phi) is 4.63. The summed E-state index contributed by atoms with van der Waals surface area (Å²) in [7, 11) is 1.51. The molecule has 0 radical (unpaired) electrons. The lowest BCUT2D eigenvalue weighted by atomic mass is 10.1. The van der Waals surface area contributed by atoms with Gasteiger partial charge in [-0.1, -0.05) is 23.7 Å². The van der Waals surface area contributed by atoms with Gasteiger partial charge in [0.05, 0.1) is 19.2 Å². The van der Waals surface area contributed by atoms with Crippen LogP contribution in [0.4, 0.5) is 5.69 Å². The topological polar surface area (TPSA) is 91.4 Å².